The molecule has 0 heterocycles. The molecule has 13 heteroatoms. The summed E-state index contributed by atoms with van der Waals surface area (Å²) in [7, 11) is -9.57. The van der Waals surface area contributed by atoms with Gasteiger partial charge >= 0.3 is 0 Å². The molecule has 4 rings (SSSR count). The van der Waals surface area contributed by atoms with Crippen LogP contribution >= 0.6 is 0 Å². The molecule has 1 aliphatic carbocycles. The Morgan fingerprint density at radius 2 is 1.20 bits per heavy atom. The molecule has 45 heavy (non-hydrogen) atoms. The Kier molecular flexibility index (Phi) is 13.0. The maximum Gasteiger partial charge on any atom is 0.296 e. The first-order valence-electron chi connectivity index (χ1n) is 14.8. The first-order chi connectivity index (χ1) is 20.8. The van der Waals surface area contributed by atoms with Gasteiger partial charge in [-0.05, 0) is 36.6 Å². The summed E-state index contributed by atoms with van der Waals surface area (Å²) >= 11 is 0. The summed E-state index contributed by atoms with van der Waals surface area (Å²) in [4.78, 5) is 25.8. The minimum absolute atomic E-state index is 0. The molecule has 0 atom stereocenters. The molecule has 0 aromatic heterocycles. The molecular weight excluding hydrogens is 627 g/mol. The van der Waals surface area contributed by atoms with Gasteiger partial charge < -0.3 is 11.1 Å². The van der Waals surface area contributed by atoms with Gasteiger partial charge in [0.05, 0.1) is 27.4 Å². The van der Waals surface area contributed by atoms with Gasteiger partial charge in [-0.3, -0.25) is 18.7 Å². The van der Waals surface area contributed by atoms with Gasteiger partial charge in [-0.1, -0.05) is 95.0 Å². The Labute approximate surface area is 287 Å². The molecule has 10 nitrogen and oxygen atoms in total. The van der Waals surface area contributed by atoms with Crippen molar-refractivity contribution in [2.24, 2.45) is 0 Å². The van der Waals surface area contributed by atoms with Crippen LogP contribution in [0.15, 0.2) is 58.3 Å². The van der Waals surface area contributed by atoms with Crippen LogP contribution in [-0.2, 0) is 26.7 Å². The maximum absolute atomic E-state index is 13.5. The van der Waals surface area contributed by atoms with Crippen molar-refractivity contribution in [1.29, 1.82) is 0 Å². The summed E-state index contributed by atoms with van der Waals surface area (Å²) < 4.78 is 68.9. The zero-order valence-electron chi connectivity index (χ0n) is 25.6. The summed E-state index contributed by atoms with van der Waals surface area (Å²) in [6.07, 6.45) is 11.6. The molecule has 237 valence electrons. The minimum Gasteiger partial charge on any atom is -0.397 e. The fraction of sp³-hybridized carbons (Fsp3) is 0.375. The second-order valence-corrected chi connectivity index (χ2v) is 13.9. The number of ketones is 2. The molecule has 0 amide bonds. The van der Waals surface area contributed by atoms with Crippen molar-refractivity contribution in [3.63, 3.8) is 0 Å². The second kappa shape index (κ2) is 15.8. The first-order valence-corrected chi connectivity index (χ1v) is 17.7. The molecule has 0 spiro atoms. The van der Waals surface area contributed by atoms with E-state index in [2.05, 4.69) is 12.2 Å². The molecule has 3 aromatic carbocycles. The zero-order valence-corrected chi connectivity index (χ0v) is 29.3. The Hall–Kier alpha value is -2.58. The molecule has 0 saturated heterocycles. The largest absolute Gasteiger partial charge is 0.397 e. The van der Waals surface area contributed by atoms with Crippen molar-refractivity contribution in [2.45, 2.75) is 87.3 Å². The van der Waals surface area contributed by atoms with Gasteiger partial charge in [0.2, 0.25) is 0 Å². The monoisotopic (exact) mass is 665 g/mol. The van der Waals surface area contributed by atoms with Crippen LogP contribution in [0.4, 0.5) is 17.1 Å². The number of nitrogens with one attached hydrogen (secondary N) is 1. The van der Waals surface area contributed by atoms with Gasteiger partial charge in [0, 0.05) is 46.4 Å². The van der Waals surface area contributed by atoms with Gasteiger partial charge in [0.15, 0.2) is 11.6 Å². The zero-order chi connectivity index (χ0) is 32.1. The smallest absolute Gasteiger partial charge is 0.296 e. The van der Waals surface area contributed by atoms with Crippen LogP contribution in [0.3, 0.4) is 0 Å². The van der Waals surface area contributed by atoms with E-state index in [1.807, 2.05) is 0 Å². The third-order valence-corrected chi connectivity index (χ3v) is 9.73. The fourth-order valence-electron chi connectivity index (χ4n) is 5.64. The molecule has 5 N–H and O–H groups in total. The van der Waals surface area contributed by atoms with E-state index in [1.54, 1.807) is 12.1 Å². The number of carbonyl (C=O) groups excluding carboxylic acids is 2. The predicted octanol–water partition coefficient (Wildman–Crippen LogP) is 6.36. The Morgan fingerprint density at radius 1 is 0.689 bits per heavy atom. The SMILES string of the molecule is CCCCCCCCCCCCc1ccc(Nc2cc(S(=O)(=O)O)c(N)c3c2C(=O)c2ccccc2C3=O)cc1S(=O)(=O)O.[Na]. The van der Waals surface area contributed by atoms with Crippen molar-refractivity contribution >= 4 is 78.4 Å². The van der Waals surface area contributed by atoms with Gasteiger partial charge in [0.25, 0.3) is 20.2 Å². The number of nitrogen functional groups attached to an aromatic ring is 1. The normalized spacial score (nSPS) is 12.8. The van der Waals surface area contributed by atoms with Crippen LogP contribution in [-0.4, -0.2) is 67.1 Å². The maximum atomic E-state index is 13.5. The second-order valence-electron chi connectivity index (χ2n) is 11.1. The fourth-order valence-corrected chi connectivity index (χ4v) is 7.07. The summed E-state index contributed by atoms with van der Waals surface area (Å²) in [6.45, 7) is 2.19. The van der Waals surface area contributed by atoms with Crippen molar-refractivity contribution in [2.75, 3.05) is 11.1 Å². The minimum atomic E-state index is -4.93. The summed E-state index contributed by atoms with van der Waals surface area (Å²) in [5.41, 5.74) is 5.27. The van der Waals surface area contributed by atoms with Crippen molar-refractivity contribution in [1.82, 2.24) is 0 Å². The first kappa shape index (κ1) is 36.9. The van der Waals surface area contributed by atoms with Crippen molar-refractivity contribution < 1.29 is 35.5 Å². The van der Waals surface area contributed by atoms with Crippen molar-refractivity contribution in [3.8, 4) is 0 Å². The van der Waals surface area contributed by atoms with Gasteiger partial charge in [-0.15, -0.1) is 0 Å². The van der Waals surface area contributed by atoms with E-state index >= 15 is 0 Å². The van der Waals surface area contributed by atoms with E-state index in [0.717, 1.165) is 31.7 Å². The molecule has 0 unspecified atom stereocenters. The van der Waals surface area contributed by atoms with Crippen molar-refractivity contribution in [3.05, 3.63) is 76.3 Å². The Bertz CT molecular complexity index is 1790. The topological polar surface area (TPSA) is 181 Å². The predicted molar refractivity (Wildman–Crippen MR) is 175 cm³/mol. The number of unbranched alkanes of at least 4 members (excludes halogenated alkanes) is 9. The standard InChI is InChI=1S/C32H38N2O8S2.Na/c1-2-3-4-5-6-7-8-9-10-11-14-21-17-18-22(19-26(21)43(37,38)39)34-25-20-27(44(40,41)42)30(33)29-28(25)31(35)23-15-12-13-16-24(23)32(29)36;/h12-13,15-20,34H,2-11,14,33H2,1H3,(H,37,38,39)(H,40,41,42);. The number of carbonyl (C=O) groups is 2. The summed E-state index contributed by atoms with van der Waals surface area (Å²) in [6, 6.07) is 11.2. The molecule has 0 aliphatic heterocycles. The molecule has 3 aromatic rings. The number of hydrogen-bond acceptors (Lipinski definition) is 8. The molecular formula is C32H38N2NaO8S2. The quantitative estimate of drug-likeness (QED) is 0.0482. The average molecular weight is 666 g/mol. The van der Waals surface area contributed by atoms with E-state index in [9.17, 15) is 35.5 Å². The third kappa shape index (κ3) is 8.82. The van der Waals surface area contributed by atoms with Crippen LogP contribution in [0.2, 0.25) is 0 Å². The summed E-state index contributed by atoms with van der Waals surface area (Å²) in [5, 5.41) is 2.82. The molecule has 1 aliphatic rings. The van der Waals surface area contributed by atoms with E-state index < -0.39 is 42.4 Å². The Morgan fingerprint density at radius 3 is 1.73 bits per heavy atom. The van der Waals surface area contributed by atoms with E-state index in [-0.39, 0.29) is 68.1 Å². The number of hydrogen-bond donors (Lipinski definition) is 4. The van der Waals surface area contributed by atoms with Gasteiger partial charge in [-0.25, -0.2) is 0 Å². The van der Waals surface area contributed by atoms with Gasteiger partial charge in [0.1, 0.15) is 4.90 Å². The van der Waals surface area contributed by atoms with Crippen LogP contribution in [0.25, 0.3) is 0 Å². The summed E-state index contributed by atoms with van der Waals surface area (Å²) in [5.74, 6) is -1.31. The average Bonchev–Trinajstić information content (AvgIpc) is 2.97. The molecule has 1 radical (unpaired) electrons. The van der Waals surface area contributed by atoms with Crippen LogP contribution in [0.5, 0.6) is 0 Å². The molecule has 0 saturated carbocycles. The van der Waals surface area contributed by atoms with E-state index in [0.29, 0.717) is 12.0 Å². The van der Waals surface area contributed by atoms with E-state index in [1.165, 1.54) is 68.9 Å². The number of aryl methyl sites for hydroxylation is 1. The number of nitrogens with two attached hydrogens (primary N) is 1. The number of rotatable bonds is 15. The number of benzene rings is 3. The third-order valence-electron chi connectivity index (χ3n) is 7.90. The Balaban J connectivity index is 0.00000552. The van der Waals surface area contributed by atoms with E-state index in [4.69, 9.17) is 5.73 Å². The van der Waals surface area contributed by atoms with Crippen LogP contribution in [0.1, 0.15) is 109 Å². The van der Waals surface area contributed by atoms with Crippen LogP contribution in [0, 0.1) is 0 Å². The number of anilines is 3. The van der Waals surface area contributed by atoms with Crippen LogP contribution < -0.4 is 11.1 Å². The molecule has 0 bridgehead atoms. The molecule has 0 fully saturated rings. The number of fused-ring (bicyclic) bond motifs is 2. The van der Waals surface area contributed by atoms with Gasteiger partial charge in [-0.2, -0.15) is 16.8 Å².